The number of aryl methyl sites for hydroxylation is 1. The molecule has 0 aliphatic carbocycles. The highest BCUT2D eigenvalue weighted by Crippen LogP contribution is 2.35. The maximum atomic E-state index is 13.5. The predicted octanol–water partition coefficient (Wildman–Crippen LogP) is 3.56. The minimum absolute atomic E-state index is 0.0356. The lowest BCUT2D eigenvalue weighted by Crippen LogP contribution is -2.11. The van der Waals surface area contributed by atoms with Crippen LogP contribution in [-0.4, -0.2) is 22.8 Å². The van der Waals surface area contributed by atoms with Crippen LogP contribution in [0.5, 0.6) is 11.5 Å². The van der Waals surface area contributed by atoms with Gasteiger partial charge in [0.05, 0.1) is 22.5 Å². The number of furan rings is 1. The first-order valence-electron chi connectivity index (χ1n) is 10.8. The van der Waals surface area contributed by atoms with Crippen LogP contribution >= 0.6 is 0 Å². The minimum Gasteiger partial charge on any atom is -0.504 e. The summed E-state index contributed by atoms with van der Waals surface area (Å²) >= 11 is 0. The number of ketones is 1. The summed E-state index contributed by atoms with van der Waals surface area (Å²) in [6.07, 6.45) is 0.746. The molecule has 1 heterocycles. The minimum atomic E-state index is -0.537. The number of aromatic hydroxyl groups is 1. The molecule has 0 fully saturated rings. The maximum Gasteiger partial charge on any atom is 0.343 e. The van der Waals surface area contributed by atoms with E-state index in [1.54, 1.807) is 42.5 Å². The number of primary amides is 1. The van der Waals surface area contributed by atoms with Crippen molar-refractivity contribution in [2.75, 3.05) is 11.5 Å². The molecule has 0 saturated carbocycles. The van der Waals surface area contributed by atoms with Crippen molar-refractivity contribution < 1.29 is 28.6 Å². The third kappa shape index (κ3) is 4.93. The number of anilines is 2. The Labute approximate surface area is 200 Å². The number of hydrogen-bond donors (Lipinski definition) is 4. The molecule has 0 aliphatic heterocycles. The van der Waals surface area contributed by atoms with Crippen molar-refractivity contribution in [3.05, 3.63) is 83.1 Å². The molecule has 0 aliphatic rings. The van der Waals surface area contributed by atoms with Crippen LogP contribution in [0.3, 0.4) is 0 Å². The van der Waals surface area contributed by atoms with E-state index in [4.69, 9.17) is 26.4 Å². The second-order valence-electron chi connectivity index (χ2n) is 7.97. The molecular weight excluding hydrogens is 450 g/mol. The largest absolute Gasteiger partial charge is 0.504 e. The van der Waals surface area contributed by atoms with Gasteiger partial charge in [-0.2, -0.15) is 0 Å². The summed E-state index contributed by atoms with van der Waals surface area (Å²) < 4.78 is 11.4. The average Bonchev–Trinajstić information content (AvgIpc) is 3.19. The number of rotatable bonds is 8. The molecule has 9 heteroatoms. The van der Waals surface area contributed by atoms with Gasteiger partial charge < -0.3 is 31.5 Å². The van der Waals surface area contributed by atoms with E-state index in [-0.39, 0.29) is 46.8 Å². The number of benzene rings is 3. The zero-order valence-electron chi connectivity index (χ0n) is 18.6. The number of ether oxygens (including phenoxy) is 1. The molecular formula is C26H23N3O6. The number of esters is 1. The van der Waals surface area contributed by atoms with E-state index in [1.807, 2.05) is 0 Å². The number of hydrogen-bond acceptors (Lipinski definition) is 8. The van der Waals surface area contributed by atoms with Crippen LogP contribution in [0.4, 0.5) is 11.4 Å². The molecule has 0 saturated heterocycles. The van der Waals surface area contributed by atoms with Crippen LogP contribution in [0.1, 0.15) is 44.9 Å². The molecule has 9 nitrogen and oxygen atoms in total. The van der Waals surface area contributed by atoms with Crippen molar-refractivity contribution in [1.29, 1.82) is 0 Å². The summed E-state index contributed by atoms with van der Waals surface area (Å²) in [6.45, 7) is 0. The lowest BCUT2D eigenvalue weighted by atomic mass is 9.97. The monoisotopic (exact) mass is 473 g/mol. The molecule has 0 unspecified atom stereocenters. The van der Waals surface area contributed by atoms with Crippen LogP contribution in [0.2, 0.25) is 0 Å². The summed E-state index contributed by atoms with van der Waals surface area (Å²) in [4.78, 5) is 37.1. The van der Waals surface area contributed by atoms with E-state index < -0.39 is 17.7 Å². The summed E-state index contributed by atoms with van der Waals surface area (Å²) in [5.41, 5.74) is 17.9. The van der Waals surface area contributed by atoms with Crippen molar-refractivity contribution in [3.8, 4) is 11.5 Å². The second kappa shape index (κ2) is 9.60. The summed E-state index contributed by atoms with van der Waals surface area (Å²) in [6, 6.07) is 15.9. The molecule has 4 rings (SSSR count). The van der Waals surface area contributed by atoms with E-state index in [2.05, 4.69) is 0 Å². The number of fused-ring (bicyclic) bond motifs is 1. The number of nitrogens with two attached hydrogens (primary N) is 3. The van der Waals surface area contributed by atoms with Crippen molar-refractivity contribution in [1.82, 2.24) is 0 Å². The Kier molecular flexibility index (Phi) is 6.41. The normalized spacial score (nSPS) is 10.9. The number of carbonyl (C=O) groups is 3. The van der Waals surface area contributed by atoms with Gasteiger partial charge in [0.25, 0.3) is 0 Å². The van der Waals surface area contributed by atoms with Gasteiger partial charge in [-0.25, -0.2) is 4.79 Å². The smallest absolute Gasteiger partial charge is 0.343 e. The van der Waals surface area contributed by atoms with E-state index in [9.17, 15) is 19.5 Å². The Balaban J connectivity index is 1.73. The molecule has 0 radical (unpaired) electrons. The Morgan fingerprint density at radius 2 is 1.60 bits per heavy atom. The fourth-order valence-electron chi connectivity index (χ4n) is 3.73. The van der Waals surface area contributed by atoms with Gasteiger partial charge in [0.2, 0.25) is 5.91 Å². The fourth-order valence-corrected chi connectivity index (χ4v) is 3.73. The molecule has 4 aromatic rings. The highest BCUT2D eigenvalue weighted by Gasteiger charge is 2.24. The highest BCUT2D eigenvalue weighted by molar-refractivity contribution is 6.17. The first-order chi connectivity index (χ1) is 16.7. The Hall–Kier alpha value is -4.79. The standard InChI is InChI=1S/C26H23N3O6/c27-18-11-15(12-19(28)25(18)32)24(31)23-17-10-9-16(34-26(33)14-5-2-1-3-6-14)13-21(17)35-20(23)7-4-8-22(29)30/h1-3,5-6,9-13,32H,4,7-8,27-28H2,(H2,29,30). The Morgan fingerprint density at radius 1 is 0.914 bits per heavy atom. The molecule has 178 valence electrons. The highest BCUT2D eigenvalue weighted by atomic mass is 16.5. The topological polar surface area (TPSA) is 172 Å². The van der Waals surface area contributed by atoms with E-state index >= 15 is 0 Å². The van der Waals surface area contributed by atoms with Crippen LogP contribution in [0.15, 0.2) is 65.1 Å². The van der Waals surface area contributed by atoms with Crippen LogP contribution in [0, 0.1) is 0 Å². The molecule has 3 aromatic carbocycles. The third-order valence-corrected chi connectivity index (χ3v) is 5.44. The molecule has 0 atom stereocenters. The third-order valence-electron chi connectivity index (χ3n) is 5.44. The molecule has 0 spiro atoms. The van der Waals surface area contributed by atoms with Gasteiger partial charge in [0.1, 0.15) is 17.1 Å². The number of phenols is 1. The molecule has 1 aromatic heterocycles. The number of carbonyl (C=O) groups excluding carboxylic acids is 3. The predicted molar refractivity (Wildman–Crippen MR) is 130 cm³/mol. The molecule has 7 N–H and O–H groups in total. The van der Waals surface area contributed by atoms with Gasteiger partial charge >= 0.3 is 5.97 Å². The Bertz CT molecular complexity index is 1420. The van der Waals surface area contributed by atoms with Gasteiger partial charge in [-0.05, 0) is 42.8 Å². The van der Waals surface area contributed by atoms with Crippen molar-refractivity contribution >= 4 is 40.0 Å². The van der Waals surface area contributed by atoms with Gasteiger partial charge in [-0.3, -0.25) is 9.59 Å². The van der Waals surface area contributed by atoms with Gasteiger partial charge in [0.15, 0.2) is 11.5 Å². The summed E-state index contributed by atoms with van der Waals surface area (Å²) in [5, 5.41) is 10.3. The van der Waals surface area contributed by atoms with E-state index in [0.29, 0.717) is 28.7 Å². The van der Waals surface area contributed by atoms with Crippen molar-refractivity contribution in [2.24, 2.45) is 5.73 Å². The number of amides is 1. The molecule has 1 amide bonds. The lowest BCUT2D eigenvalue weighted by Gasteiger charge is -2.08. The lowest BCUT2D eigenvalue weighted by molar-refractivity contribution is -0.118. The average molecular weight is 473 g/mol. The van der Waals surface area contributed by atoms with Crippen molar-refractivity contribution in [3.63, 3.8) is 0 Å². The van der Waals surface area contributed by atoms with E-state index in [1.165, 1.54) is 18.2 Å². The second-order valence-corrected chi connectivity index (χ2v) is 7.97. The van der Waals surface area contributed by atoms with Gasteiger partial charge in [0, 0.05) is 29.9 Å². The van der Waals surface area contributed by atoms with E-state index in [0.717, 1.165) is 0 Å². The fraction of sp³-hybridized carbons (Fsp3) is 0.115. The van der Waals surface area contributed by atoms with Crippen molar-refractivity contribution in [2.45, 2.75) is 19.3 Å². The van der Waals surface area contributed by atoms with Crippen LogP contribution in [0.25, 0.3) is 11.0 Å². The van der Waals surface area contributed by atoms with Gasteiger partial charge in [-0.15, -0.1) is 0 Å². The first kappa shape index (κ1) is 23.4. The molecule has 35 heavy (non-hydrogen) atoms. The number of nitrogen functional groups attached to an aromatic ring is 2. The zero-order valence-corrected chi connectivity index (χ0v) is 18.6. The molecule has 0 bridgehead atoms. The first-order valence-corrected chi connectivity index (χ1v) is 10.8. The van der Waals surface area contributed by atoms with Crippen LogP contribution in [-0.2, 0) is 11.2 Å². The summed E-state index contributed by atoms with van der Waals surface area (Å²) in [7, 11) is 0. The Morgan fingerprint density at radius 3 is 2.26 bits per heavy atom. The number of phenolic OH excluding ortho intramolecular Hbond substituents is 1. The maximum absolute atomic E-state index is 13.5. The SMILES string of the molecule is NC(=O)CCCc1oc2cc(OC(=O)c3ccccc3)ccc2c1C(=O)c1cc(N)c(O)c(N)c1. The van der Waals surface area contributed by atoms with Crippen LogP contribution < -0.4 is 21.9 Å². The summed E-state index contributed by atoms with van der Waals surface area (Å²) in [5.74, 6) is -1.16. The van der Waals surface area contributed by atoms with Gasteiger partial charge in [-0.1, -0.05) is 18.2 Å². The zero-order chi connectivity index (χ0) is 25.1. The quantitative estimate of drug-likeness (QED) is 0.0988.